The minimum Gasteiger partial charge on any atom is -0.484 e. The van der Waals surface area contributed by atoms with Crippen LogP contribution >= 0.6 is 11.6 Å². The van der Waals surface area contributed by atoms with Crippen molar-refractivity contribution >= 4 is 23.5 Å². The second-order valence-electron chi connectivity index (χ2n) is 4.74. The highest BCUT2D eigenvalue weighted by Gasteiger charge is 2.35. The SMILES string of the molecule is CCOC(=O)C1CCCN1C(=O)COc1cccc(Cl)c1. The Morgan fingerprint density at radius 3 is 2.95 bits per heavy atom. The van der Waals surface area contributed by atoms with Gasteiger partial charge in [0.05, 0.1) is 6.61 Å². The molecule has 5 nitrogen and oxygen atoms in total. The van der Waals surface area contributed by atoms with Crippen LogP contribution in [0.5, 0.6) is 5.75 Å². The molecular weight excluding hydrogens is 294 g/mol. The quantitative estimate of drug-likeness (QED) is 0.783. The van der Waals surface area contributed by atoms with E-state index in [4.69, 9.17) is 21.1 Å². The van der Waals surface area contributed by atoms with Gasteiger partial charge in [-0.1, -0.05) is 17.7 Å². The van der Waals surface area contributed by atoms with E-state index in [1.165, 1.54) is 4.90 Å². The fourth-order valence-corrected chi connectivity index (χ4v) is 2.51. The Morgan fingerprint density at radius 1 is 1.43 bits per heavy atom. The number of carbonyl (C=O) groups excluding carboxylic acids is 2. The van der Waals surface area contributed by atoms with E-state index >= 15 is 0 Å². The molecule has 1 aromatic rings. The molecule has 6 heteroatoms. The fourth-order valence-electron chi connectivity index (χ4n) is 2.33. The van der Waals surface area contributed by atoms with Crippen molar-refractivity contribution in [2.24, 2.45) is 0 Å². The van der Waals surface area contributed by atoms with E-state index in [9.17, 15) is 9.59 Å². The van der Waals surface area contributed by atoms with Crippen molar-refractivity contribution in [3.8, 4) is 5.75 Å². The van der Waals surface area contributed by atoms with Gasteiger partial charge in [-0.05, 0) is 38.0 Å². The van der Waals surface area contributed by atoms with Crippen molar-refractivity contribution in [3.05, 3.63) is 29.3 Å². The standard InChI is InChI=1S/C15H18ClNO4/c1-2-20-15(19)13-7-4-8-17(13)14(18)10-21-12-6-3-5-11(16)9-12/h3,5-6,9,13H,2,4,7-8,10H2,1H3. The second-order valence-corrected chi connectivity index (χ2v) is 5.18. The van der Waals surface area contributed by atoms with E-state index in [-0.39, 0.29) is 18.5 Å². The maximum Gasteiger partial charge on any atom is 0.328 e. The molecule has 0 N–H and O–H groups in total. The predicted octanol–water partition coefficient (Wildman–Crippen LogP) is 2.27. The van der Waals surface area contributed by atoms with Crippen LogP contribution in [0.15, 0.2) is 24.3 Å². The molecular formula is C15H18ClNO4. The van der Waals surface area contributed by atoms with E-state index in [0.29, 0.717) is 30.3 Å². The van der Waals surface area contributed by atoms with Gasteiger partial charge in [0.1, 0.15) is 11.8 Å². The Balaban J connectivity index is 1.91. The highest BCUT2D eigenvalue weighted by molar-refractivity contribution is 6.30. The monoisotopic (exact) mass is 311 g/mol. The number of nitrogens with zero attached hydrogens (tertiary/aromatic N) is 1. The molecule has 114 valence electrons. The van der Waals surface area contributed by atoms with Crippen molar-refractivity contribution in [1.82, 2.24) is 4.90 Å². The summed E-state index contributed by atoms with van der Waals surface area (Å²) < 4.78 is 10.4. The molecule has 1 unspecified atom stereocenters. The summed E-state index contributed by atoms with van der Waals surface area (Å²) in [6, 6.07) is 6.36. The lowest BCUT2D eigenvalue weighted by atomic mass is 10.2. The number of esters is 1. The fraction of sp³-hybridized carbons (Fsp3) is 0.467. The third kappa shape index (κ3) is 4.11. The van der Waals surface area contributed by atoms with Gasteiger partial charge in [-0.2, -0.15) is 0 Å². The molecule has 1 aliphatic rings. The molecule has 0 aromatic heterocycles. The Bertz CT molecular complexity index is 520. The molecule has 0 spiro atoms. The van der Waals surface area contributed by atoms with Gasteiger partial charge in [0, 0.05) is 11.6 Å². The minimum atomic E-state index is -0.486. The van der Waals surface area contributed by atoms with Gasteiger partial charge in [0.2, 0.25) is 0 Å². The van der Waals surface area contributed by atoms with Crippen molar-refractivity contribution in [1.29, 1.82) is 0 Å². The smallest absolute Gasteiger partial charge is 0.328 e. The van der Waals surface area contributed by atoms with Crippen molar-refractivity contribution < 1.29 is 19.1 Å². The summed E-state index contributed by atoms with van der Waals surface area (Å²) in [6.45, 7) is 2.51. The number of hydrogen-bond acceptors (Lipinski definition) is 4. The van der Waals surface area contributed by atoms with Crippen molar-refractivity contribution in [3.63, 3.8) is 0 Å². The van der Waals surface area contributed by atoms with E-state index in [1.54, 1.807) is 31.2 Å². The summed E-state index contributed by atoms with van der Waals surface area (Å²) >= 11 is 5.85. The zero-order valence-corrected chi connectivity index (χ0v) is 12.6. The van der Waals surface area contributed by atoms with Crippen molar-refractivity contribution in [2.45, 2.75) is 25.8 Å². The molecule has 1 aromatic carbocycles. The summed E-state index contributed by atoms with van der Waals surface area (Å²) in [6.07, 6.45) is 1.44. The van der Waals surface area contributed by atoms with Crippen LogP contribution < -0.4 is 4.74 Å². The van der Waals surface area contributed by atoms with Crippen LogP contribution in [-0.4, -0.2) is 42.6 Å². The Morgan fingerprint density at radius 2 is 2.24 bits per heavy atom. The third-order valence-corrected chi connectivity index (χ3v) is 3.53. The summed E-state index contributed by atoms with van der Waals surface area (Å²) in [4.78, 5) is 25.5. The first-order valence-corrected chi connectivity index (χ1v) is 7.34. The summed E-state index contributed by atoms with van der Waals surface area (Å²) in [5, 5.41) is 0.547. The molecule has 1 heterocycles. The summed E-state index contributed by atoms with van der Waals surface area (Å²) in [5.41, 5.74) is 0. The summed E-state index contributed by atoms with van der Waals surface area (Å²) in [5.74, 6) is -0.0284. The number of benzene rings is 1. The Hall–Kier alpha value is -1.75. The van der Waals surface area contributed by atoms with Gasteiger partial charge >= 0.3 is 5.97 Å². The van der Waals surface area contributed by atoms with Gasteiger partial charge in [-0.3, -0.25) is 4.79 Å². The number of rotatable bonds is 5. The first-order valence-electron chi connectivity index (χ1n) is 6.96. The van der Waals surface area contributed by atoms with Gasteiger partial charge < -0.3 is 14.4 Å². The molecule has 1 fully saturated rings. The number of likely N-dealkylation sites (tertiary alicyclic amines) is 1. The highest BCUT2D eigenvalue weighted by Crippen LogP contribution is 2.20. The molecule has 0 radical (unpaired) electrons. The van der Waals surface area contributed by atoms with Crippen molar-refractivity contribution in [2.75, 3.05) is 19.8 Å². The first kappa shape index (κ1) is 15.6. The van der Waals surface area contributed by atoms with Crippen LogP contribution in [0, 0.1) is 0 Å². The zero-order valence-electron chi connectivity index (χ0n) is 11.9. The molecule has 1 amide bonds. The Labute approximate surface area is 128 Å². The first-order chi connectivity index (χ1) is 10.1. The lowest BCUT2D eigenvalue weighted by Crippen LogP contribution is -2.43. The number of carbonyl (C=O) groups is 2. The maximum absolute atomic E-state index is 12.2. The van der Waals surface area contributed by atoms with E-state index in [2.05, 4.69) is 0 Å². The van der Waals surface area contributed by atoms with Gasteiger partial charge in [0.25, 0.3) is 5.91 Å². The average Bonchev–Trinajstić information content (AvgIpc) is 2.94. The van der Waals surface area contributed by atoms with E-state index in [0.717, 1.165) is 6.42 Å². The average molecular weight is 312 g/mol. The van der Waals surface area contributed by atoms with E-state index < -0.39 is 6.04 Å². The number of ether oxygens (including phenoxy) is 2. The normalized spacial score (nSPS) is 17.6. The topological polar surface area (TPSA) is 55.8 Å². The minimum absolute atomic E-state index is 0.115. The molecule has 21 heavy (non-hydrogen) atoms. The molecule has 2 rings (SSSR count). The van der Waals surface area contributed by atoms with Crippen LogP contribution in [0.25, 0.3) is 0 Å². The lowest BCUT2D eigenvalue weighted by Gasteiger charge is -2.23. The van der Waals surface area contributed by atoms with Crippen LogP contribution in [0.3, 0.4) is 0 Å². The lowest BCUT2D eigenvalue weighted by molar-refractivity contribution is -0.153. The van der Waals surface area contributed by atoms with Crippen LogP contribution in [-0.2, 0) is 14.3 Å². The molecule has 1 saturated heterocycles. The molecule has 1 aliphatic heterocycles. The van der Waals surface area contributed by atoms with Crippen LogP contribution in [0.4, 0.5) is 0 Å². The molecule has 1 atom stereocenters. The van der Waals surface area contributed by atoms with Gasteiger partial charge in [-0.15, -0.1) is 0 Å². The molecule has 0 bridgehead atoms. The largest absolute Gasteiger partial charge is 0.484 e. The number of hydrogen-bond donors (Lipinski definition) is 0. The van der Waals surface area contributed by atoms with Gasteiger partial charge in [0.15, 0.2) is 6.61 Å². The second kappa shape index (κ2) is 7.31. The number of amides is 1. The highest BCUT2D eigenvalue weighted by atomic mass is 35.5. The van der Waals surface area contributed by atoms with Crippen LogP contribution in [0.1, 0.15) is 19.8 Å². The Kier molecular flexibility index (Phi) is 5.44. The maximum atomic E-state index is 12.2. The summed E-state index contributed by atoms with van der Waals surface area (Å²) in [7, 11) is 0. The molecule has 0 saturated carbocycles. The zero-order chi connectivity index (χ0) is 15.2. The van der Waals surface area contributed by atoms with Gasteiger partial charge in [-0.25, -0.2) is 4.79 Å². The number of halogens is 1. The third-order valence-electron chi connectivity index (χ3n) is 3.29. The molecule has 0 aliphatic carbocycles. The predicted molar refractivity (Wildman–Crippen MR) is 78.3 cm³/mol. The van der Waals surface area contributed by atoms with E-state index in [1.807, 2.05) is 0 Å². The van der Waals surface area contributed by atoms with Crippen LogP contribution in [0.2, 0.25) is 5.02 Å².